The zero-order valence-electron chi connectivity index (χ0n) is 11.1. The van der Waals surface area contributed by atoms with Gasteiger partial charge >= 0.3 is 5.69 Å². The molecule has 0 aliphatic rings. The van der Waals surface area contributed by atoms with Crippen molar-refractivity contribution in [2.45, 2.75) is 6.92 Å². The van der Waals surface area contributed by atoms with E-state index in [1.54, 1.807) is 37.3 Å². The van der Waals surface area contributed by atoms with Crippen molar-refractivity contribution in [1.29, 1.82) is 5.41 Å². The first kappa shape index (κ1) is 14.8. The maximum atomic E-state index is 11.1. The number of amidine groups is 1. The Kier molecular flexibility index (Phi) is 4.09. The summed E-state index contributed by atoms with van der Waals surface area (Å²) >= 11 is 6.00. The second-order valence-electron chi connectivity index (χ2n) is 4.31. The molecule has 2 aromatic rings. The Bertz CT molecular complexity index is 731. The molecule has 3 N–H and O–H groups in total. The molecule has 0 aliphatic carbocycles. The number of nitrogens with two attached hydrogens (primary N) is 1. The zero-order chi connectivity index (χ0) is 15.6. The Labute approximate surface area is 125 Å². The number of nitro benzene ring substituents is 1. The van der Waals surface area contributed by atoms with Gasteiger partial charge in [0, 0.05) is 6.07 Å². The van der Waals surface area contributed by atoms with Crippen molar-refractivity contribution < 1.29 is 9.66 Å². The van der Waals surface area contributed by atoms with Gasteiger partial charge in [-0.1, -0.05) is 29.8 Å². The van der Waals surface area contributed by atoms with E-state index in [-0.39, 0.29) is 33.6 Å². The number of halogens is 1. The standard InChI is InChI=1S/C14H12ClN3O3/c1-8-4-2-6-10(18(19)20)13(8)21-11-7-3-5-9(15)12(11)14(16)17/h2-7H,1H3,(H3,16,17). The monoisotopic (exact) mass is 305 g/mol. The van der Waals surface area contributed by atoms with Crippen LogP contribution in [0, 0.1) is 22.4 Å². The molecule has 6 nitrogen and oxygen atoms in total. The summed E-state index contributed by atoms with van der Waals surface area (Å²) < 4.78 is 5.63. The van der Waals surface area contributed by atoms with Gasteiger partial charge < -0.3 is 10.5 Å². The SMILES string of the molecule is Cc1cccc([N+](=O)[O-])c1Oc1cccc(Cl)c1C(=N)N. The molecule has 0 bridgehead atoms. The highest BCUT2D eigenvalue weighted by Gasteiger charge is 2.20. The smallest absolute Gasteiger partial charge is 0.311 e. The molecule has 0 spiro atoms. The van der Waals surface area contributed by atoms with Crippen LogP contribution >= 0.6 is 11.6 Å². The molecule has 0 radical (unpaired) electrons. The average Bonchev–Trinajstić information content (AvgIpc) is 2.40. The van der Waals surface area contributed by atoms with Gasteiger partial charge in [-0.2, -0.15) is 0 Å². The molecular formula is C14H12ClN3O3. The molecule has 2 aromatic carbocycles. The molecule has 7 heteroatoms. The number of rotatable bonds is 4. The first-order valence-corrected chi connectivity index (χ1v) is 6.34. The minimum absolute atomic E-state index is 0.104. The molecule has 0 aromatic heterocycles. The van der Waals surface area contributed by atoms with Gasteiger partial charge in [-0.15, -0.1) is 0 Å². The highest BCUT2D eigenvalue weighted by atomic mass is 35.5. The number of ether oxygens (including phenoxy) is 1. The fourth-order valence-electron chi connectivity index (χ4n) is 1.87. The summed E-state index contributed by atoms with van der Waals surface area (Å²) in [4.78, 5) is 10.6. The van der Waals surface area contributed by atoms with Gasteiger partial charge in [0.2, 0.25) is 5.75 Å². The first-order valence-electron chi connectivity index (χ1n) is 5.96. The first-order chi connectivity index (χ1) is 9.91. The average molecular weight is 306 g/mol. The minimum atomic E-state index is -0.527. The number of benzene rings is 2. The maximum absolute atomic E-state index is 11.1. The van der Waals surface area contributed by atoms with Gasteiger partial charge in [-0.3, -0.25) is 15.5 Å². The number of hydrogen-bond acceptors (Lipinski definition) is 4. The molecular weight excluding hydrogens is 294 g/mol. The van der Waals surface area contributed by atoms with Crippen LogP contribution in [-0.2, 0) is 0 Å². The van der Waals surface area contributed by atoms with Crippen molar-refractivity contribution in [1.82, 2.24) is 0 Å². The fraction of sp³-hybridized carbons (Fsp3) is 0.0714. The van der Waals surface area contributed by atoms with Crippen molar-refractivity contribution in [3.63, 3.8) is 0 Å². The van der Waals surface area contributed by atoms with Gasteiger partial charge in [-0.25, -0.2) is 0 Å². The molecule has 0 saturated heterocycles. The van der Waals surface area contributed by atoms with Crippen LogP contribution in [0.2, 0.25) is 5.02 Å². The molecule has 0 saturated carbocycles. The highest BCUT2D eigenvalue weighted by molar-refractivity contribution is 6.34. The number of aryl methyl sites for hydroxylation is 1. The predicted octanol–water partition coefficient (Wildman–Crippen LogP) is 3.63. The molecule has 0 unspecified atom stereocenters. The van der Waals surface area contributed by atoms with E-state index in [1.807, 2.05) is 0 Å². The molecule has 2 rings (SSSR count). The lowest BCUT2D eigenvalue weighted by molar-refractivity contribution is -0.385. The van der Waals surface area contributed by atoms with Crippen LogP contribution in [-0.4, -0.2) is 10.8 Å². The normalized spacial score (nSPS) is 10.2. The van der Waals surface area contributed by atoms with Crippen LogP contribution in [0.5, 0.6) is 11.5 Å². The molecule has 0 amide bonds. The molecule has 0 atom stereocenters. The van der Waals surface area contributed by atoms with E-state index in [0.717, 1.165) is 0 Å². The Morgan fingerprint density at radius 3 is 2.62 bits per heavy atom. The van der Waals surface area contributed by atoms with Gasteiger partial charge in [0.25, 0.3) is 0 Å². The van der Waals surface area contributed by atoms with Crippen molar-refractivity contribution in [3.8, 4) is 11.5 Å². The van der Waals surface area contributed by atoms with E-state index in [2.05, 4.69) is 0 Å². The van der Waals surface area contributed by atoms with Gasteiger partial charge in [-0.05, 0) is 24.6 Å². The van der Waals surface area contributed by atoms with Crippen LogP contribution in [0.15, 0.2) is 36.4 Å². The van der Waals surface area contributed by atoms with Crippen LogP contribution in [0.1, 0.15) is 11.1 Å². The van der Waals surface area contributed by atoms with Crippen LogP contribution in [0.3, 0.4) is 0 Å². The Hall–Kier alpha value is -2.60. The van der Waals surface area contributed by atoms with Crippen LogP contribution in [0.25, 0.3) is 0 Å². The number of para-hydroxylation sites is 1. The van der Waals surface area contributed by atoms with Crippen LogP contribution < -0.4 is 10.5 Å². The summed E-state index contributed by atoms with van der Waals surface area (Å²) in [7, 11) is 0. The minimum Gasteiger partial charge on any atom is -0.449 e. The number of hydrogen-bond donors (Lipinski definition) is 2. The van der Waals surface area contributed by atoms with Crippen molar-refractivity contribution >= 4 is 23.1 Å². The fourth-order valence-corrected chi connectivity index (χ4v) is 2.14. The van der Waals surface area contributed by atoms with Crippen LogP contribution in [0.4, 0.5) is 5.69 Å². The summed E-state index contributed by atoms with van der Waals surface area (Å²) in [6.45, 7) is 1.69. The second-order valence-corrected chi connectivity index (χ2v) is 4.72. The Morgan fingerprint density at radius 1 is 1.33 bits per heavy atom. The van der Waals surface area contributed by atoms with Crippen molar-refractivity contribution in [2.75, 3.05) is 0 Å². The topological polar surface area (TPSA) is 102 Å². The van der Waals surface area contributed by atoms with E-state index in [1.165, 1.54) is 6.07 Å². The van der Waals surface area contributed by atoms with Gasteiger partial charge in [0.1, 0.15) is 11.6 Å². The third kappa shape index (κ3) is 2.95. The maximum Gasteiger partial charge on any atom is 0.311 e. The second kappa shape index (κ2) is 5.80. The Morgan fingerprint density at radius 2 is 2.00 bits per heavy atom. The molecule has 21 heavy (non-hydrogen) atoms. The zero-order valence-corrected chi connectivity index (χ0v) is 11.8. The van der Waals surface area contributed by atoms with E-state index in [4.69, 9.17) is 27.5 Å². The molecule has 0 fully saturated rings. The predicted molar refractivity (Wildman–Crippen MR) is 80.4 cm³/mol. The lowest BCUT2D eigenvalue weighted by Gasteiger charge is -2.13. The summed E-state index contributed by atoms with van der Waals surface area (Å²) in [6.07, 6.45) is 0. The number of nitrogens with one attached hydrogen (secondary N) is 1. The van der Waals surface area contributed by atoms with E-state index >= 15 is 0 Å². The summed E-state index contributed by atoms with van der Waals surface area (Å²) in [5.41, 5.74) is 6.13. The molecule has 0 heterocycles. The molecule has 108 valence electrons. The van der Waals surface area contributed by atoms with Crippen molar-refractivity contribution in [3.05, 3.63) is 62.7 Å². The van der Waals surface area contributed by atoms with E-state index < -0.39 is 4.92 Å². The van der Waals surface area contributed by atoms with E-state index in [9.17, 15) is 10.1 Å². The number of nitrogens with zero attached hydrogens (tertiary/aromatic N) is 1. The Balaban J connectivity index is 2.56. The largest absolute Gasteiger partial charge is 0.449 e. The summed E-state index contributed by atoms with van der Waals surface area (Å²) in [6, 6.07) is 9.36. The van der Waals surface area contributed by atoms with E-state index in [0.29, 0.717) is 5.56 Å². The lowest BCUT2D eigenvalue weighted by Crippen LogP contribution is -2.13. The molecule has 0 aliphatic heterocycles. The van der Waals surface area contributed by atoms with Gasteiger partial charge in [0.15, 0.2) is 0 Å². The number of nitrogen functional groups attached to an aromatic ring is 1. The van der Waals surface area contributed by atoms with Gasteiger partial charge in [0.05, 0.1) is 15.5 Å². The quantitative estimate of drug-likeness (QED) is 0.389. The third-order valence-corrected chi connectivity index (χ3v) is 3.16. The third-order valence-electron chi connectivity index (χ3n) is 2.84. The highest BCUT2D eigenvalue weighted by Crippen LogP contribution is 2.37. The number of nitro groups is 1. The summed E-state index contributed by atoms with van der Waals surface area (Å²) in [5.74, 6) is 0.0338. The van der Waals surface area contributed by atoms with Crippen molar-refractivity contribution in [2.24, 2.45) is 5.73 Å². The summed E-state index contributed by atoms with van der Waals surface area (Å²) in [5, 5.41) is 18.9. The lowest BCUT2D eigenvalue weighted by atomic mass is 10.1.